The van der Waals surface area contributed by atoms with Gasteiger partial charge in [-0.15, -0.1) is 0 Å². The number of pyridine rings is 1. The smallest absolute Gasteiger partial charge is 0.346 e. The molecule has 166 valence electrons. The Morgan fingerprint density at radius 2 is 1.97 bits per heavy atom. The lowest BCUT2D eigenvalue weighted by atomic mass is 10.1. The molecule has 0 radical (unpaired) electrons. The number of methoxy groups -OCH3 is 1. The third-order valence-electron chi connectivity index (χ3n) is 4.56. The fourth-order valence-corrected chi connectivity index (χ4v) is 3.02. The lowest BCUT2D eigenvalue weighted by Gasteiger charge is -2.15. The average molecular weight is 439 g/mol. The molecule has 0 saturated carbocycles. The highest BCUT2D eigenvalue weighted by Gasteiger charge is 2.28. The first-order chi connectivity index (χ1) is 15.3. The van der Waals surface area contributed by atoms with E-state index in [1.807, 2.05) is 0 Å². The molecule has 3 rings (SSSR count). The zero-order chi connectivity index (χ0) is 23.3. The summed E-state index contributed by atoms with van der Waals surface area (Å²) in [7, 11) is 1.34. The van der Waals surface area contributed by atoms with Gasteiger partial charge in [0.1, 0.15) is 5.56 Å². The Hall–Kier alpha value is -4.21. The van der Waals surface area contributed by atoms with Gasteiger partial charge in [-0.25, -0.2) is 4.79 Å². The predicted molar refractivity (Wildman–Crippen MR) is 116 cm³/mol. The van der Waals surface area contributed by atoms with Crippen molar-refractivity contribution in [2.45, 2.75) is 20.0 Å². The number of nitro benzene ring substituents is 1. The number of hydrogen-bond donors (Lipinski definition) is 1. The molecular weight excluding hydrogens is 418 g/mol. The van der Waals surface area contributed by atoms with E-state index < -0.39 is 28.6 Å². The molecule has 1 N–H and O–H groups in total. The number of ether oxygens (including phenoxy) is 3. The van der Waals surface area contributed by atoms with Crippen molar-refractivity contribution in [3.63, 3.8) is 0 Å². The Bertz CT molecular complexity index is 1170. The molecule has 1 unspecified atom stereocenters. The minimum absolute atomic E-state index is 0.119. The molecule has 2 aromatic carbocycles. The summed E-state index contributed by atoms with van der Waals surface area (Å²) in [6.45, 7) is 3.33. The number of benzene rings is 2. The van der Waals surface area contributed by atoms with Gasteiger partial charge in [-0.1, -0.05) is 6.07 Å². The predicted octanol–water partition coefficient (Wildman–Crippen LogP) is 3.73. The van der Waals surface area contributed by atoms with Crippen molar-refractivity contribution < 1.29 is 28.7 Å². The van der Waals surface area contributed by atoms with Crippen LogP contribution in [0.3, 0.4) is 0 Å². The SMILES string of the molecule is CCOc1cc([N+](=O)[O-])c(C(=O)OC(C)C(=O)Nc2cccc3ncccc23)cc1OC. The van der Waals surface area contributed by atoms with Crippen LogP contribution in [0, 0.1) is 10.1 Å². The second-order valence-electron chi connectivity index (χ2n) is 6.62. The number of nitrogens with zero attached hydrogens (tertiary/aromatic N) is 2. The Labute approximate surface area is 183 Å². The summed E-state index contributed by atoms with van der Waals surface area (Å²) < 4.78 is 15.7. The molecule has 1 atom stereocenters. The van der Waals surface area contributed by atoms with Gasteiger partial charge in [-0.2, -0.15) is 0 Å². The van der Waals surface area contributed by atoms with E-state index in [4.69, 9.17) is 14.2 Å². The molecule has 10 heteroatoms. The molecule has 0 spiro atoms. The number of anilines is 1. The first-order valence-electron chi connectivity index (χ1n) is 9.70. The summed E-state index contributed by atoms with van der Waals surface area (Å²) in [4.78, 5) is 40.3. The van der Waals surface area contributed by atoms with Crippen LogP contribution in [0.5, 0.6) is 11.5 Å². The quantitative estimate of drug-likeness (QED) is 0.319. The maximum absolute atomic E-state index is 12.7. The summed E-state index contributed by atoms with van der Waals surface area (Å²) in [5.74, 6) is -1.39. The van der Waals surface area contributed by atoms with E-state index in [-0.39, 0.29) is 23.7 Å². The van der Waals surface area contributed by atoms with E-state index in [1.165, 1.54) is 14.0 Å². The fourth-order valence-electron chi connectivity index (χ4n) is 3.02. The number of aromatic nitrogens is 1. The van der Waals surface area contributed by atoms with Crippen LogP contribution in [0.25, 0.3) is 10.9 Å². The first-order valence-corrected chi connectivity index (χ1v) is 9.70. The molecule has 0 aliphatic rings. The van der Waals surface area contributed by atoms with Gasteiger partial charge in [0.2, 0.25) is 0 Å². The lowest BCUT2D eigenvalue weighted by molar-refractivity contribution is -0.385. The molecular formula is C22H21N3O7. The van der Waals surface area contributed by atoms with E-state index in [9.17, 15) is 19.7 Å². The maximum Gasteiger partial charge on any atom is 0.346 e. The van der Waals surface area contributed by atoms with Gasteiger partial charge in [0.25, 0.3) is 11.6 Å². The van der Waals surface area contributed by atoms with Gasteiger partial charge < -0.3 is 19.5 Å². The van der Waals surface area contributed by atoms with Crippen LogP contribution in [0.1, 0.15) is 24.2 Å². The van der Waals surface area contributed by atoms with E-state index >= 15 is 0 Å². The number of fused-ring (bicyclic) bond motifs is 1. The van der Waals surface area contributed by atoms with Gasteiger partial charge in [0.05, 0.1) is 35.9 Å². The number of carbonyl (C=O) groups excluding carboxylic acids is 2. The third-order valence-corrected chi connectivity index (χ3v) is 4.56. The zero-order valence-corrected chi connectivity index (χ0v) is 17.7. The normalized spacial score (nSPS) is 11.5. The average Bonchev–Trinajstić information content (AvgIpc) is 2.79. The van der Waals surface area contributed by atoms with E-state index in [1.54, 1.807) is 43.5 Å². The first kappa shape index (κ1) is 22.5. The van der Waals surface area contributed by atoms with Crippen molar-refractivity contribution in [2.75, 3.05) is 19.0 Å². The molecule has 10 nitrogen and oxygen atoms in total. The highest BCUT2D eigenvalue weighted by Crippen LogP contribution is 2.35. The molecule has 0 aliphatic heterocycles. The lowest BCUT2D eigenvalue weighted by Crippen LogP contribution is -2.30. The molecule has 1 heterocycles. The van der Waals surface area contributed by atoms with E-state index in [0.29, 0.717) is 16.6 Å². The Morgan fingerprint density at radius 3 is 2.66 bits per heavy atom. The summed E-state index contributed by atoms with van der Waals surface area (Å²) in [6, 6.07) is 11.0. The minimum atomic E-state index is -1.23. The Kier molecular flexibility index (Phi) is 6.83. The van der Waals surface area contributed by atoms with Gasteiger partial charge in [-0.3, -0.25) is 19.9 Å². The number of esters is 1. The topological polar surface area (TPSA) is 130 Å². The van der Waals surface area contributed by atoms with Gasteiger partial charge in [-0.05, 0) is 38.1 Å². The number of hydrogen-bond acceptors (Lipinski definition) is 8. The fraction of sp³-hybridized carbons (Fsp3) is 0.227. The van der Waals surface area contributed by atoms with Crippen LogP contribution < -0.4 is 14.8 Å². The van der Waals surface area contributed by atoms with Crippen molar-refractivity contribution in [1.29, 1.82) is 0 Å². The molecule has 0 aliphatic carbocycles. The van der Waals surface area contributed by atoms with Gasteiger partial charge in [0, 0.05) is 17.6 Å². The summed E-state index contributed by atoms with van der Waals surface area (Å²) >= 11 is 0. The minimum Gasteiger partial charge on any atom is -0.493 e. The third kappa shape index (κ3) is 4.75. The molecule has 1 amide bonds. The molecule has 0 fully saturated rings. The van der Waals surface area contributed by atoms with Crippen LogP contribution in [0.4, 0.5) is 11.4 Å². The van der Waals surface area contributed by atoms with Crippen LogP contribution in [-0.4, -0.2) is 41.6 Å². The van der Waals surface area contributed by atoms with E-state index in [2.05, 4.69) is 10.3 Å². The van der Waals surface area contributed by atoms with Crippen molar-refractivity contribution in [3.05, 3.63) is 64.3 Å². The van der Waals surface area contributed by atoms with Crippen molar-refractivity contribution in [3.8, 4) is 11.5 Å². The molecule has 3 aromatic rings. The van der Waals surface area contributed by atoms with Gasteiger partial charge >= 0.3 is 5.97 Å². The number of carbonyl (C=O) groups is 2. The Balaban J connectivity index is 1.81. The van der Waals surface area contributed by atoms with Crippen LogP contribution in [0.2, 0.25) is 0 Å². The number of nitro groups is 1. The standard InChI is InChI=1S/C22H21N3O7/c1-4-31-20-12-18(25(28)29)15(11-19(20)30-3)22(27)32-13(2)21(26)24-17-9-5-8-16-14(17)7-6-10-23-16/h5-13H,4H2,1-3H3,(H,24,26). The molecule has 0 saturated heterocycles. The van der Waals surface area contributed by atoms with Crippen LogP contribution in [-0.2, 0) is 9.53 Å². The largest absolute Gasteiger partial charge is 0.493 e. The second kappa shape index (κ2) is 9.73. The summed E-state index contributed by atoms with van der Waals surface area (Å²) in [6.07, 6.45) is 0.405. The number of nitrogens with one attached hydrogen (secondary N) is 1. The van der Waals surface area contributed by atoms with Gasteiger partial charge in [0.15, 0.2) is 17.6 Å². The highest BCUT2D eigenvalue weighted by atomic mass is 16.6. The van der Waals surface area contributed by atoms with Crippen LogP contribution >= 0.6 is 0 Å². The zero-order valence-electron chi connectivity index (χ0n) is 17.7. The summed E-state index contributed by atoms with van der Waals surface area (Å²) in [5.41, 5.74) is 0.306. The number of amides is 1. The Morgan fingerprint density at radius 1 is 1.19 bits per heavy atom. The van der Waals surface area contributed by atoms with Crippen LogP contribution in [0.15, 0.2) is 48.7 Å². The number of rotatable bonds is 8. The monoisotopic (exact) mass is 439 g/mol. The molecule has 0 bridgehead atoms. The highest BCUT2D eigenvalue weighted by molar-refractivity contribution is 6.04. The molecule has 32 heavy (non-hydrogen) atoms. The second-order valence-corrected chi connectivity index (χ2v) is 6.62. The summed E-state index contributed by atoms with van der Waals surface area (Å²) in [5, 5.41) is 14.9. The van der Waals surface area contributed by atoms with E-state index in [0.717, 1.165) is 12.1 Å². The van der Waals surface area contributed by atoms with Crippen molar-refractivity contribution in [2.24, 2.45) is 0 Å². The maximum atomic E-state index is 12.7. The van der Waals surface area contributed by atoms with Crippen molar-refractivity contribution >= 4 is 34.2 Å². The molecule has 1 aromatic heterocycles. The van der Waals surface area contributed by atoms with Crippen molar-refractivity contribution in [1.82, 2.24) is 4.98 Å².